The maximum atomic E-state index is 15.3. The minimum atomic E-state index is -2.09. The number of hydrogen-bond acceptors (Lipinski definition) is 1. The molecule has 0 spiro atoms. The van der Waals surface area contributed by atoms with Crippen molar-refractivity contribution in [2.24, 2.45) is 0 Å². The highest BCUT2D eigenvalue weighted by Gasteiger charge is 2.33. The molecule has 0 saturated carbocycles. The van der Waals surface area contributed by atoms with Crippen LogP contribution in [0.25, 0.3) is 43.8 Å². The van der Waals surface area contributed by atoms with Gasteiger partial charge in [0.2, 0.25) is 11.6 Å². The molecule has 0 aliphatic carbocycles. The van der Waals surface area contributed by atoms with Crippen LogP contribution >= 0.6 is 0 Å². The van der Waals surface area contributed by atoms with Gasteiger partial charge < -0.3 is 4.74 Å². The first kappa shape index (κ1) is 26.3. The summed E-state index contributed by atoms with van der Waals surface area (Å²) in [6, 6.07) is 2.80. The molecule has 1 nitrogen and oxygen atoms in total. The highest BCUT2D eigenvalue weighted by Crippen LogP contribution is 2.49. The minimum Gasteiger partial charge on any atom is -0.491 e. The van der Waals surface area contributed by atoms with Gasteiger partial charge in [-0.05, 0) is 34.4 Å². The number of benzene rings is 5. The number of methoxy groups -OCH3 is 1. The summed E-state index contributed by atoms with van der Waals surface area (Å²) in [4.78, 5) is 0. The smallest absolute Gasteiger partial charge is 0.204 e. The Bertz CT molecular complexity index is 1810. The molecule has 0 amide bonds. The first-order valence-corrected chi connectivity index (χ1v) is 10.7. The number of hydrogen-bond donors (Lipinski definition) is 0. The first-order valence-electron chi connectivity index (χ1n) is 10.7. The molecule has 0 atom stereocenters. The molecule has 39 heavy (non-hydrogen) atoms. The van der Waals surface area contributed by atoms with Crippen molar-refractivity contribution in [1.82, 2.24) is 0 Å². The lowest BCUT2D eigenvalue weighted by atomic mass is 9.84. The molecule has 0 aliphatic rings. The maximum absolute atomic E-state index is 15.3. The second-order valence-corrected chi connectivity index (χ2v) is 8.23. The van der Waals surface area contributed by atoms with Crippen LogP contribution in [0.2, 0.25) is 0 Å². The summed E-state index contributed by atoms with van der Waals surface area (Å²) in [5.41, 5.74) is -5.12. The van der Waals surface area contributed by atoms with Gasteiger partial charge in [0.05, 0.1) is 18.2 Å². The summed E-state index contributed by atoms with van der Waals surface area (Å²) in [6.07, 6.45) is 0. The van der Waals surface area contributed by atoms with Gasteiger partial charge in [0.25, 0.3) is 0 Å². The molecule has 200 valence electrons. The average molecular weight is 558 g/mol. The zero-order valence-corrected chi connectivity index (χ0v) is 19.0. The molecule has 0 radical (unpaired) electrons. The highest BCUT2D eigenvalue weighted by molar-refractivity contribution is 6.21. The van der Waals surface area contributed by atoms with Crippen molar-refractivity contribution in [3.05, 3.63) is 100 Å². The van der Waals surface area contributed by atoms with Gasteiger partial charge in [-0.1, -0.05) is 12.1 Å². The van der Waals surface area contributed by atoms with E-state index in [0.717, 1.165) is 12.1 Å². The van der Waals surface area contributed by atoms with Crippen LogP contribution in [0.5, 0.6) is 5.75 Å². The van der Waals surface area contributed by atoms with Crippen LogP contribution in [0, 0.1) is 64.0 Å². The van der Waals surface area contributed by atoms with E-state index in [2.05, 4.69) is 4.74 Å². The van der Waals surface area contributed by atoms with Crippen LogP contribution in [-0.2, 0) is 0 Å². The van der Waals surface area contributed by atoms with Crippen LogP contribution in [0.3, 0.4) is 0 Å². The third kappa shape index (κ3) is 3.68. The van der Waals surface area contributed by atoms with E-state index >= 15 is 13.2 Å². The van der Waals surface area contributed by atoms with Gasteiger partial charge in [0.15, 0.2) is 52.3 Å². The number of rotatable bonds is 3. The van der Waals surface area contributed by atoms with Crippen molar-refractivity contribution < 1.29 is 53.0 Å². The molecule has 0 fully saturated rings. The second-order valence-electron chi connectivity index (χ2n) is 8.23. The average Bonchev–Trinajstić information content (AvgIpc) is 2.89. The lowest BCUT2D eigenvalue weighted by Crippen LogP contribution is -2.06. The zero-order chi connectivity index (χ0) is 28.5. The van der Waals surface area contributed by atoms with Crippen LogP contribution in [-0.4, -0.2) is 7.11 Å². The lowest BCUT2D eigenvalue weighted by Gasteiger charge is -2.20. The largest absolute Gasteiger partial charge is 0.491 e. The van der Waals surface area contributed by atoms with Crippen molar-refractivity contribution in [1.29, 1.82) is 0 Å². The molecule has 12 heteroatoms. The molecule has 0 saturated heterocycles. The van der Waals surface area contributed by atoms with Crippen LogP contribution < -0.4 is 4.74 Å². The quantitative estimate of drug-likeness (QED) is 0.122. The molecule has 0 heterocycles. The van der Waals surface area contributed by atoms with Crippen molar-refractivity contribution >= 4 is 21.5 Å². The van der Waals surface area contributed by atoms with E-state index in [-0.39, 0.29) is 18.2 Å². The van der Waals surface area contributed by atoms with E-state index in [4.69, 9.17) is 0 Å². The van der Waals surface area contributed by atoms with E-state index < -0.39 is 114 Å². The Morgan fingerprint density at radius 2 is 0.923 bits per heavy atom. The molecular formula is C27H9F11O. The van der Waals surface area contributed by atoms with Crippen LogP contribution in [0.15, 0.2) is 36.4 Å². The molecule has 5 rings (SSSR count). The first-order chi connectivity index (χ1) is 18.4. The molecule has 5 aromatic rings. The summed E-state index contributed by atoms with van der Waals surface area (Å²) in [6.45, 7) is 0. The third-order valence-corrected chi connectivity index (χ3v) is 6.17. The van der Waals surface area contributed by atoms with E-state index in [1.54, 1.807) is 0 Å². The fourth-order valence-electron chi connectivity index (χ4n) is 4.56. The Labute approximate surface area is 210 Å². The fraction of sp³-hybridized carbons (Fsp3) is 0.0370. The molecule has 5 aromatic carbocycles. The molecule has 0 N–H and O–H groups in total. The number of halogens is 11. The van der Waals surface area contributed by atoms with Crippen molar-refractivity contribution in [2.45, 2.75) is 0 Å². The minimum absolute atomic E-state index is 0.156. The number of fused-ring (bicyclic) bond motifs is 2. The predicted molar refractivity (Wildman–Crippen MR) is 118 cm³/mol. The van der Waals surface area contributed by atoms with E-state index in [9.17, 15) is 35.1 Å². The third-order valence-electron chi connectivity index (χ3n) is 6.17. The molecular weight excluding hydrogens is 549 g/mol. The highest BCUT2D eigenvalue weighted by atomic mass is 19.2. The second kappa shape index (κ2) is 9.14. The van der Waals surface area contributed by atoms with Gasteiger partial charge in [-0.25, -0.2) is 39.5 Å². The molecule has 0 aliphatic heterocycles. The van der Waals surface area contributed by atoms with Gasteiger partial charge in [-0.2, -0.15) is 8.78 Å². The standard InChI is InChI=1S/C27H9F11O/c1-39-27-25(37)23(35)19(24(36)26(27)38)16-8-3-2-4-11(28)17(8)18(10-6-13(30)12(29)5-9(10)16)20-21(33)14(31)7-15(32)22(20)34/h2-7H,1H3. The van der Waals surface area contributed by atoms with E-state index in [1.165, 1.54) is 0 Å². The SMILES string of the molecule is COc1c(F)c(F)c(-c2c3cc(F)c(F)cc3c(-c3c(F)c(F)cc(F)c3F)c3c(F)cccc23)c(F)c1F. The molecule has 0 unspecified atom stereocenters. The Kier molecular flexibility index (Phi) is 6.15. The summed E-state index contributed by atoms with van der Waals surface area (Å²) in [5.74, 6) is -22.6. The molecule has 0 aromatic heterocycles. The lowest BCUT2D eigenvalue weighted by molar-refractivity contribution is 0.334. The van der Waals surface area contributed by atoms with Crippen LogP contribution in [0.4, 0.5) is 48.3 Å². The van der Waals surface area contributed by atoms with E-state index in [1.807, 2.05) is 0 Å². The van der Waals surface area contributed by atoms with Gasteiger partial charge in [0, 0.05) is 22.6 Å². The van der Waals surface area contributed by atoms with Gasteiger partial charge in [-0.3, -0.25) is 0 Å². The summed E-state index contributed by atoms with van der Waals surface area (Å²) in [5, 5.41) is -3.45. The van der Waals surface area contributed by atoms with Crippen molar-refractivity contribution in [2.75, 3.05) is 7.11 Å². The monoisotopic (exact) mass is 558 g/mol. The Balaban J connectivity index is 2.15. The normalized spacial score (nSPS) is 11.6. The predicted octanol–water partition coefficient (Wildman–Crippen LogP) is 8.87. The van der Waals surface area contributed by atoms with E-state index in [0.29, 0.717) is 13.2 Å². The van der Waals surface area contributed by atoms with Gasteiger partial charge in [-0.15, -0.1) is 0 Å². The topological polar surface area (TPSA) is 9.23 Å². The summed E-state index contributed by atoms with van der Waals surface area (Å²) < 4.78 is 166. The summed E-state index contributed by atoms with van der Waals surface area (Å²) >= 11 is 0. The Hall–Kier alpha value is -4.35. The van der Waals surface area contributed by atoms with Gasteiger partial charge >= 0.3 is 0 Å². The van der Waals surface area contributed by atoms with Crippen molar-refractivity contribution in [3.63, 3.8) is 0 Å². The zero-order valence-electron chi connectivity index (χ0n) is 19.0. The fourth-order valence-corrected chi connectivity index (χ4v) is 4.56. The van der Waals surface area contributed by atoms with Crippen molar-refractivity contribution in [3.8, 4) is 28.0 Å². The Morgan fingerprint density at radius 1 is 0.436 bits per heavy atom. The van der Waals surface area contributed by atoms with Crippen LogP contribution in [0.1, 0.15) is 0 Å². The maximum Gasteiger partial charge on any atom is 0.204 e. The van der Waals surface area contributed by atoms with Gasteiger partial charge in [0.1, 0.15) is 5.82 Å². The molecule has 0 bridgehead atoms. The number of ether oxygens (including phenoxy) is 1. The summed E-state index contributed by atoms with van der Waals surface area (Å²) in [7, 11) is 0.703. The Morgan fingerprint density at radius 3 is 1.44 bits per heavy atom.